The fourth-order valence-electron chi connectivity index (χ4n) is 4.00. The first-order valence-corrected chi connectivity index (χ1v) is 10.1. The van der Waals surface area contributed by atoms with E-state index < -0.39 is 0 Å². The molecule has 1 fully saturated rings. The summed E-state index contributed by atoms with van der Waals surface area (Å²) in [5.74, 6) is 1.46. The summed E-state index contributed by atoms with van der Waals surface area (Å²) in [7, 11) is 1.65. The lowest BCUT2D eigenvalue weighted by Crippen LogP contribution is -2.18. The SMILES string of the molecule is COc1ccc2ccc(OCC(=O)c3cc(C)n(C[C@H]4CCCO4)c3C)cc2c1. The summed E-state index contributed by atoms with van der Waals surface area (Å²) < 4.78 is 19.0. The Bertz CT molecular complexity index is 1030. The summed E-state index contributed by atoms with van der Waals surface area (Å²) in [6, 6.07) is 13.7. The average Bonchev–Trinajstić information content (AvgIpc) is 3.35. The summed E-state index contributed by atoms with van der Waals surface area (Å²) in [5, 5.41) is 2.12. The minimum absolute atomic E-state index is 0.0116. The fourth-order valence-corrected chi connectivity index (χ4v) is 4.00. The maximum Gasteiger partial charge on any atom is 0.202 e. The van der Waals surface area contributed by atoms with E-state index in [-0.39, 0.29) is 18.5 Å². The number of aromatic nitrogens is 1. The van der Waals surface area contributed by atoms with Crippen molar-refractivity contribution in [2.45, 2.75) is 39.3 Å². The van der Waals surface area contributed by atoms with Gasteiger partial charge in [-0.05, 0) is 67.8 Å². The van der Waals surface area contributed by atoms with E-state index in [4.69, 9.17) is 14.2 Å². The lowest BCUT2D eigenvalue weighted by Gasteiger charge is -2.15. The van der Waals surface area contributed by atoms with Crippen LogP contribution >= 0.6 is 0 Å². The molecular formula is C24H27NO4. The molecule has 3 aromatic rings. The highest BCUT2D eigenvalue weighted by Crippen LogP contribution is 2.25. The molecule has 152 valence electrons. The first-order chi connectivity index (χ1) is 14.0. The number of methoxy groups -OCH3 is 1. The Morgan fingerprint density at radius 2 is 1.86 bits per heavy atom. The number of carbonyl (C=O) groups is 1. The van der Waals surface area contributed by atoms with Crippen molar-refractivity contribution >= 4 is 16.6 Å². The molecule has 0 spiro atoms. The van der Waals surface area contributed by atoms with Gasteiger partial charge in [0.25, 0.3) is 0 Å². The van der Waals surface area contributed by atoms with E-state index in [9.17, 15) is 4.79 Å². The van der Waals surface area contributed by atoms with E-state index in [0.717, 1.165) is 59.5 Å². The third-order valence-corrected chi connectivity index (χ3v) is 5.67. The monoisotopic (exact) mass is 393 g/mol. The van der Waals surface area contributed by atoms with Gasteiger partial charge in [0.2, 0.25) is 5.78 Å². The Morgan fingerprint density at radius 1 is 1.10 bits per heavy atom. The highest BCUT2D eigenvalue weighted by molar-refractivity contribution is 5.98. The highest BCUT2D eigenvalue weighted by atomic mass is 16.5. The lowest BCUT2D eigenvalue weighted by molar-refractivity contribution is 0.0914. The number of carbonyl (C=O) groups excluding carboxylic acids is 1. The molecule has 5 nitrogen and oxygen atoms in total. The normalized spacial score (nSPS) is 16.3. The molecule has 0 unspecified atom stereocenters. The Kier molecular flexibility index (Phi) is 5.58. The topological polar surface area (TPSA) is 49.7 Å². The summed E-state index contributed by atoms with van der Waals surface area (Å²) >= 11 is 0. The van der Waals surface area contributed by atoms with Gasteiger partial charge in [0, 0.05) is 30.1 Å². The Labute approximate surface area is 171 Å². The van der Waals surface area contributed by atoms with Crippen LogP contribution in [0.4, 0.5) is 0 Å². The van der Waals surface area contributed by atoms with Gasteiger partial charge < -0.3 is 18.8 Å². The quantitative estimate of drug-likeness (QED) is 0.546. The van der Waals surface area contributed by atoms with Gasteiger partial charge in [-0.2, -0.15) is 0 Å². The minimum Gasteiger partial charge on any atom is -0.497 e. The zero-order valence-electron chi connectivity index (χ0n) is 17.2. The molecule has 2 heterocycles. The van der Waals surface area contributed by atoms with Gasteiger partial charge >= 0.3 is 0 Å². The first-order valence-electron chi connectivity index (χ1n) is 10.1. The van der Waals surface area contributed by atoms with Crippen molar-refractivity contribution in [2.75, 3.05) is 20.3 Å². The van der Waals surface area contributed by atoms with E-state index in [1.807, 2.05) is 56.3 Å². The van der Waals surface area contributed by atoms with E-state index in [1.165, 1.54) is 0 Å². The molecule has 0 N–H and O–H groups in total. The number of fused-ring (bicyclic) bond motifs is 1. The molecule has 1 aliphatic heterocycles. The zero-order valence-corrected chi connectivity index (χ0v) is 17.2. The average molecular weight is 393 g/mol. The number of ether oxygens (including phenoxy) is 3. The number of ketones is 1. The molecule has 29 heavy (non-hydrogen) atoms. The molecule has 1 aromatic heterocycles. The maximum absolute atomic E-state index is 12.8. The van der Waals surface area contributed by atoms with Crippen LogP contribution in [0.2, 0.25) is 0 Å². The molecular weight excluding hydrogens is 366 g/mol. The molecule has 5 heteroatoms. The van der Waals surface area contributed by atoms with Gasteiger partial charge in [0.1, 0.15) is 11.5 Å². The Morgan fingerprint density at radius 3 is 2.59 bits per heavy atom. The smallest absolute Gasteiger partial charge is 0.202 e. The van der Waals surface area contributed by atoms with Crippen molar-refractivity contribution in [3.05, 3.63) is 59.4 Å². The van der Waals surface area contributed by atoms with Gasteiger partial charge in [0.15, 0.2) is 6.61 Å². The van der Waals surface area contributed by atoms with Crippen molar-refractivity contribution in [1.82, 2.24) is 4.57 Å². The molecule has 1 aliphatic rings. The predicted octanol–water partition coefficient (Wildman–Crippen LogP) is 4.71. The van der Waals surface area contributed by atoms with Gasteiger partial charge in [0.05, 0.1) is 13.2 Å². The van der Waals surface area contributed by atoms with Crippen molar-refractivity contribution in [3.63, 3.8) is 0 Å². The van der Waals surface area contributed by atoms with Crippen molar-refractivity contribution in [3.8, 4) is 11.5 Å². The third kappa shape index (κ3) is 4.15. The van der Waals surface area contributed by atoms with Gasteiger partial charge in [-0.25, -0.2) is 0 Å². The van der Waals surface area contributed by atoms with E-state index in [0.29, 0.717) is 5.75 Å². The Balaban J connectivity index is 1.46. The van der Waals surface area contributed by atoms with Crippen molar-refractivity contribution in [2.24, 2.45) is 0 Å². The van der Waals surface area contributed by atoms with Gasteiger partial charge in [-0.15, -0.1) is 0 Å². The fraction of sp³-hybridized carbons (Fsp3) is 0.375. The van der Waals surface area contributed by atoms with Crippen LogP contribution < -0.4 is 9.47 Å². The second-order valence-electron chi connectivity index (χ2n) is 7.62. The second kappa shape index (κ2) is 8.29. The number of aryl methyl sites for hydroxylation is 1. The highest BCUT2D eigenvalue weighted by Gasteiger charge is 2.21. The molecule has 1 saturated heterocycles. The van der Waals surface area contributed by atoms with Crippen LogP contribution in [0.15, 0.2) is 42.5 Å². The molecule has 0 bridgehead atoms. The van der Waals surface area contributed by atoms with Crippen molar-refractivity contribution in [1.29, 1.82) is 0 Å². The van der Waals surface area contributed by atoms with E-state index >= 15 is 0 Å². The summed E-state index contributed by atoms with van der Waals surface area (Å²) in [4.78, 5) is 12.8. The van der Waals surface area contributed by atoms with Crippen LogP contribution in [0.25, 0.3) is 10.8 Å². The maximum atomic E-state index is 12.8. The van der Waals surface area contributed by atoms with Gasteiger partial charge in [-0.1, -0.05) is 12.1 Å². The lowest BCUT2D eigenvalue weighted by atomic mass is 10.1. The summed E-state index contributed by atoms with van der Waals surface area (Å²) in [5.41, 5.74) is 2.79. The molecule has 2 aromatic carbocycles. The number of rotatable bonds is 7. The second-order valence-corrected chi connectivity index (χ2v) is 7.62. The largest absolute Gasteiger partial charge is 0.497 e. The third-order valence-electron chi connectivity index (χ3n) is 5.67. The van der Waals surface area contributed by atoms with Crippen LogP contribution in [0.3, 0.4) is 0 Å². The molecule has 0 amide bonds. The van der Waals surface area contributed by atoms with E-state index in [1.54, 1.807) is 7.11 Å². The Hall–Kier alpha value is -2.79. The van der Waals surface area contributed by atoms with Crippen molar-refractivity contribution < 1.29 is 19.0 Å². The molecule has 0 radical (unpaired) electrons. The van der Waals surface area contributed by atoms with Crippen LogP contribution in [-0.4, -0.2) is 36.8 Å². The number of nitrogens with zero attached hydrogens (tertiary/aromatic N) is 1. The zero-order chi connectivity index (χ0) is 20.4. The molecule has 1 atom stereocenters. The minimum atomic E-state index is -0.0116. The van der Waals surface area contributed by atoms with Gasteiger partial charge in [-0.3, -0.25) is 4.79 Å². The number of hydrogen-bond acceptors (Lipinski definition) is 4. The summed E-state index contributed by atoms with van der Waals surface area (Å²) in [6.07, 6.45) is 2.44. The molecule has 0 aliphatic carbocycles. The predicted molar refractivity (Wildman–Crippen MR) is 113 cm³/mol. The van der Waals surface area contributed by atoms with Crippen LogP contribution in [0, 0.1) is 13.8 Å². The number of Topliss-reactive ketones (excluding diaryl/α,β-unsaturated/α-hetero) is 1. The van der Waals surface area contributed by atoms with E-state index in [2.05, 4.69) is 4.57 Å². The molecule has 4 rings (SSSR count). The summed E-state index contributed by atoms with van der Waals surface area (Å²) in [6.45, 7) is 5.69. The first kappa shape index (κ1) is 19.5. The van der Waals surface area contributed by atoms with Crippen LogP contribution in [0.5, 0.6) is 11.5 Å². The molecule has 0 saturated carbocycles. The van der Waals surface area contributed by atoms with Crippen LogP contribution in [0.1, 0.15) is 34.6 Å². The van der Waals surface area contributed by atoms with Crippen LogP contribution in [-0.2, 0) is 11.3 Å². The number of benzene rings is 2. The number of hydrogen-bond donors (Lipinski definition) is 0. The standard InChI is InChI=1S/C24H27NO4/c1-16-11-23(17(2)25(16)14-22-5-4-10-28-22)24(26)15-29-21-9-7-18-6-8-20(27-3)12-19(18)13-21/h6-9,11-13,22H,4-5,10,14-15H2,1-3H3/t22-/m1/s1.